The highest BCUT2D eigenvalue weighted by molar-refractivity contribution is 5.76. The van der Waals surface area contributed by atoms with Crippen molar-refractivity contribution in [2.75, 3.05) is 33.4 Å². The van der Waals surface area contributed by atoms with Crippen LogP contribution >= 0.6 is 0 Å². The first-order valence-corrected chi connectivity index (χ1v) is 7.26. The molecule has 0 saturated carbocycles. The lowest BCUT2D eigenvalue weighted by Crippen LogP contribution is -2.48. The van der Waals surface area contributed by atoms with Gasteiger partial charge in [-0.3, -0.25) is 4.79 Å². The van der Waals surface area contributed by atoms with E-state index in [-0.39, 0.29) is 6.61 Å². The van der Waals surface area contributed by atoms with E-state index in [2.05, 4.69) is 0 Å². The molecule has 0 aliphatic carbocycles. The number of amides is 1. The first-order valence-electron chi connectivity index (χ1n) is 7.26. The zero-order valence-corrected chi connectivity index (χ0v) is 12.4. The minimum atomic E-state index is -4.31. The van der Waals surface area contributed by atoms with Crippen molar-refractivity contribution in [3.8, 4) is 0 Å². The van der Waals surface area contributed by atoms with E-state index in [1.54, 1.807) is 7.11 Å². The van der Waals surface area contributed by atoms with Crippen LogP contribution in [0.5, 0.6) is 0 Å². The van der Waals surface area contributed by atoms with Gasteiger partial charge in [0.15, 0.2) is 0 Å². The summed E-state index contributed by atoms with van der Waals surface area (Å²) < 4.78 is 41.5. The van der Waals surface area contributed by atoms with Crippen molar-refractivity contribution >= 4 is 5.91 Å². The van der Waals surface area contributed by atoms with Gasteiger partial charge in [-0.15, -0.1) is 0 Å². The Kier molecular flexibility index (Phi) is 6.93. The first kappa shape index (κ1) is 18.2. The summed E-state index contributed by atoms with van der Waals surface area (Å²) >= 11 is 0. The summed E-state index contributed by atoms with van der Waals surface area (Å²) in [5.41, 5.74) is -0.398. The van der Waals surface area contributed by atoms with Crippen molar-refractivity contribution in [3.63, 3.8) is 0 Å². The molecule has 0 aromatic carbocycles. The molecule has 0 spiro atoms. The van der Waals surface area contributed by atoms with Crippen molar-refractivity contribution in [1.82, 2.24) is 4.90 Å². The molecule has 1 rings (SSSR count). The maximum absolute atomic E-state index is 12.2. The Labute approximate surface area is 123 Å². The molecular formula is C14H24F3NO3. The SMILES string of the molecule is COCCCC1(CO)CCCN(C(=O)CCC(F)(F)F)C1. The number of hydrogen-bond donors (Lipinski definition) is 1. The minimum Gasteiger partial charge on any atom is -0.396 e. The molecule has 1 unspecified atom stereocenters. The lowest BCUT2D eigenvalue weighted by Gasteiger charge is -2.42. The van der Waals surface area contributed by atoms with E-state index in [9.17, 15) is 23.1 Å². The summed E-state index contributed by atoms with van der Waals surface area (Å²) in [5, 5.41) is 9.64. The number of carbonyl (C=O) groups is 1. The van der Waals surface area contributed by atoms with Gasteiger partial charge in [0.25, 0.3) is 0 Å². The molecule has 1 fully saturated rings. The third-order valence-corrected chi connectivity index (χ3v) is 4.03. The molecule has 0 radical (unpaired) electrons. The Morgan fingerprint density at radius 1 is 1.43 bits per heavy atom. The van der Waals surface area contributed by atoms with Crippen LogP contribution in [-0.4, -0.2) is 55.5 Å². The summed E-state index contributed by atoms with van der Waals surface area (Å²) in [7, 11) is 1.60. The van der Waals surface area contributed by atoms with E-state index >= 15 is 0 Å². The Morgan fingerprint density at radius 3 is 2.71 bits per heavy atom. The second-order valence-corrected chi connectivity index (χ2v) is 5.79. The highest BCUT2D eigenvalue weighted by Crippen LogP contribution is 2.35. The van der Waals surface area contributed by atoms with Crippen molar-refractivity contribution < 1.29 is 27.8 Å². The smallest absolute Gasteiger partial charge is 0.389 e. The Morgan fingerprint density at radius 2 is 2.14 bits per heavy atom. The maximum atomic E-state index is 12.2. The fourth-order valence-electron chi connectivity index (χ4n) is 2.83. The van der Waals surface area contributed by atoms with E-state index < -0.39 is 30.3 Å². The molecule has 1 aliphatic rings. The van der Waals surface area contributed by atoms with E-state index in [0.717, 1.165) is 12.8 Å². The van der Waals surface area contributed by atoms with Gasteiger partial charge in [-0.05, 0) is 25.7 Å². The number of aliphatic hydroxyl groups is 1. The van der Waals surface area contributed by atoms with Crippen LogP contribution in [0.4, 0.5) is 13.2 Å². The predicted molar refractivity (Wildman–Crippen MR) is 71.7 cm³/mol. The quantitative estimate of drug-likeness (QED) is 0.734. The highest BCUT2D eigenvalue weighted by atomic mass is 19.4. The minimum absolute atomic E-state index is 0.0558. The second kappa shape index (κ2) is 7.98. The zero-order valence-electron chi connectivity index (χ0n) is 12.4. The van der Waals surface area contributed by atoms with Gasteiger partial charge in [0.05, 0.1) is 13.0 Å². The molecule has 4 nitrogen and oxygen atoms in total. The van der Waals surface area contributed by atoms with E-state index in [4.69, 9.17) is 4.74 Å². The van der Waals surface area contributed by atoms with Crippen LogP contribution in [0.3, 0.4) is 0 Å². The number of ether oxygens (including phenoxy) is 1. The summed E-state index contributed by atoms with van der Waals surface area (Å²) in [6.45, 7) is 1.33. The molecule has 0 aromatic heterocycles. The molecular weight excluding hydrogens is 287 g/mol. The first-order chi connectivity index (χ1) is 9.82. The second-order valence-electron chi connectivity index (χ2n) is 5.79. The number of likely N-dealkylation sites (tertiary alicyclic amines) is 1. The number of aliphatic hydroxyl groups excluding tert-OH is 1. The van der Waals surface area contributed by atoms with Crippen LogP contribution in [-0.2, 0) is 9.53 Å². The summed E-state index contributed by atoms with van der Waals surface area (Å²) in [6, 6.07) is 0. The number of piperidine rings is 1. The standard InChI is InChI=1S/C14H24F3NO3/c1-21-9-3-6-13(11-19)5-2-8-18(10-13)12(20)4-7-14(15,16)17/h19H,2-11H2,1H3. The molecule has 0 bridgehead atoms. The summed E-state index contributed by atoms with van der Waals surface area (Å²) in [4.78, 5) is 13.4. The lowest BCUT2D eigenvalue weighted by molar-refractivity contribution is -0.151. The van der Waals surface area contributed by atoms with Crippen molar-refractivity contribution in [2.24, 2.45) is 5.41 Å². The lowest BCUT2D eigenvalue weighted by atomic mass is 9.77. The number of hydrogen-bond acceptors (Lipinski definition) is 3. The fourth-order valence-corrected chi connectivity index (χ4v) is 2.83. The van der Waals surface area contributed by atoms with Gasteiger partial charge in [0.1, 0.15) is 0 Å². The van der Waals surface area contributed by atoms with Gasteiger partial charge < -0.3 is 14.7 Å². The van der Waals surface area contributed by atoms with Crippen LogP contribution in [0.1, 0.15) is 38.5 Å². The third-order valence-electron chi connectivity index (χ3n) is 4.03. The molecule has 1 N–H and O–H groups in total. The number of carbonyl (C=O) groups excluding carboxylic acids is 1. The molecule has 1 saturated heterocycles. The highest BCUT2D eigenvalue weighted by Gasteiger charge is 2.37. The van der Waals surface area contributed by atoms with Gasteiger partial charge in [0, 0.05) is 38.6 Å². The average Bonchev–Trinajstić information content (AvgIpc) is 2.44. The zero-order chi connectivity index (χ0) is 15.9. The monoisotopic (exact) mass is 311 g/mol. The Balaban J connectivity index is 2.54. The third kappa shape index (κ3) is 6.22. The van der Waals surface area contributed by atoms with Crippen LogP contribution in [0.15, 0.2) is 0 Å². The number of rotatable bonds is 7. The molecule has 7 heteroatoms. The van der Waals surface area contributed by atoms with Crippen molar-refractivity contribution in [1.29, 1.82) is 0 Å². The summed E-state index contributed by atoms with van der Waals surface area (Å²) in [5.74, 6) is -0.475. The van der Waals surface area contributed by atoms with Crippen LogP contribution in [0.2, 0.25) is 0 Å². The topological polar surface area (TPSA) is 49.8 Å². The number of alkyl halides is 3. The molecule has 21 heavy (non-hydrogen) atoms. The van der Waals surface area contributed by atoms with Gasteiger partial charge >= 0.3 is 6.18 Å². The van der Waals surface area contributed by atoms with Crippen LogP contribution in [0, 0.1) is 5.41 Å². The molecule has 1 atom stereocenters. The van der Waals surface area contributed by atoms with E-state index in [1.165, 1.54) is 4.90 Å². The van der Waals surface area contributed by atoms with Gasteiger partial charge in [-0.2, -0.15) is 13.2 Å². The molecule has 1 heterocycles. The number of methoxy groups -OCH3 is 1. The van der Waals surface area contributed by atoms with Gasteiger partial charge in [-0.25, -0.2) is 0 Å². The van der Waals surface area contributed by atoms with Crippen LogP contribution < -0.4 is 0 Å². The fraction of sp³-hybridized carbons (Fsp3) is 0.929. The molecule has 1 amide bonds. The predicted octanol–water partition coefficient (Wildman–Crippen LogP) is 2.36. The van der Waals surface area contributed by atoms with E-state index in [1.807, 2.05) is 0 Å². The summed E-state index contributed by atoms with van der Waals surface area (Å²) in [6.07, 6.45) is -2.93. The normalized spacial score (nSPS) is 23.4. The maximum Gasteiger partial charge on any atom is 0.389 e. The van der Waals surface area contributed by atoms with Gasteiger partial charge in [-0.1, -0.05) is 0 Å². The number of halogens is 3. The molecule has 124 valence electrons. The van der Waals surface area contributed by atoms with E-state index in [0.29, 0.717) is 32.5 Å². The van der Waals surface area contributed by atoms with Crippen molar-refractivity contribution in [3.05, 3.63) is 0 Å². The van der Waals surface area contributed by atoms with Crippen molar-refractivity contribution in [2.45, 2.75) is 44.7 Å². The number of nitrogens with zero attached hydrogens (tertiary/aromatic N) is 1. The Bertz CT molecular complexity index is 336. The van der Waals surface area contributed by atoms with Gasteiger partial charge in [0.2, 0.25) is 5.91 Å². The largest absolute Gasteiger partial charge is 0.396 e. The average molecular weight is 311 g/mol. The molecule has 0 aromatic rings. The van der Waals surface area contributed by atoms with Crippen LogP contribution in [0.25, 0.3) is 0 Å². The molecule has 1 aliphatic heterocycles. The Hall–Kier alpha value is -0.820.